The molecule has 0 N–H and O–H groups in total. The number of para-hydroxylation sites is 3. The molecule has 0 amide bonds. The minimum Gasteiger partial charge on any atom is -0.455 e. The van der Waals surface area contributed by atoms with Crippen LogP contribution in [0.3, 0.4) is 0 Å². The van der Waals surface area contributed by atoms with Gasteiger partial charge in [0.2, 0.25) is 0 Å². The van der Waals surface area contributed by atoms with Crippen molar-refractivity contribution in [3.63, 3.8) is 0 Å². The number of aromatic nitrogens is 4. The lowest BCUT2D eigenvalue weighted by Crippen LogP contribution is -2.00. The number of furan rings is 1. The zero-order valence-electron chi connectivity index (χ0n) is 37.9. The summed E-state index contributed by atoms with van der Waals surface area (Å²) in [5.74, 6) is 0.466. The summed E-state index contributed by atoms with van der Waals surface area (Å²) in [5, 5.41) is 8.96. The lowest BCUT2D eigenvalue weighted by Gasteiger charge is -2.12. The molecule has 0 radical (unpaired) electrons. The van der Waals surface area contributed by atoms with Gasteiger partial charge in [0.15, 0.2) is 17.5 Å². The Morgan fingerprint density at radius 1 is 0.371 bits per heavy atom. The predicted octanol–water partition coefficient (Wildman–Crippen LogP) is 14.9. The first kappa shape index (κ1) is 29.7. The Balaban J connectivity index is 1.05. The molecular weight excluding hydrogens is 757 g/mol. The van der Waals surface area contributed by atoms with E-state index in [-0.39, 0.29) is 23.0 Å². The Kier molecular flexibility index (Phi) is 6.51. The highest BCUT2D eigenvalue weighted by Gasteiger charge is 2.23. The fourth-order valence-corrected chi connectivity index (χ4v) is 9.35. The van der Waals surface area contributed by atoms with Gasteiger partial charge in [0.1, 0.15) is 11.2 Å². The molecule has 3 heterocycles. The van der Waals surface area contributed by atoms with E-state index in [1.165, 1.54) is 26.9 Å². The maximum atomic E-state index is 8.88. The van der Waals surface area contributed by atoms with Crippen LogP contribution in [0.25, 0.3) is 127 Å². The Morgan fingerprint density at radius 2 is 0.919 bits per heavy atom. The van der Waals surface area contributed by atoms with Gasteiger partial charge in [-0.15, -0.1) is 0 Å². The summed E-state index contributed by atoms with van der Waals surface area (Å²) >= 11 is 0. The lowest BCUT2D eigenvalue weighted by molar-refractivity contribution is 0.670. The molecule has 5 nitrogen and oxygen atoms in total. The highest BCUT2D eigenvalue weighted by molar-refractivity contribution is 6.35. The Hall–Kier alpha value is -8.41. The van der Waals surface area contributed by atoms with Crippen molar-refractivity contribution in [2.75, 3.05) is 0 Å². The summed E-state index contributed by atoms with van der Waals surface area (Å²) in [5.41, 5.74) is 9.64. The van der Waals surface area contributed by atoms with Crippen molar-refractivity contribution in [2.24, 2.45) is 0 Å². The molecular formula is C57H34N4O. The minimum absolute atomic E-state index is 0.0440. The third kappa shape index (κ3) is 5.25. The molecule has 0 fully saturated rings. The molecule has 0 unspecified atom stereocenters. The molecule has 62 heavy (non-hydrogen) atoms. The standard InChI is InChI=1S/C57H34N4O/c1-4-15-35(16-5-1)36-29-31-38(32-30-36)56-58-55(37-17-6-2-7-18-37)59-57(60-56)47-27-13-26-46-45-25-12-23-41(53(45)62-54(46)47)39-33-48-43-22-11-10-21-42(43)44-24-14-28-49-51(44)52(48)50(34-39)61(49)40-19-8-3-9-20-40/h1-34H/i2D,6D,7D,17D,18D. The summed E-state index contributed by atoms with van der Waals surface area (Å²) in [6.45, 7) is 0. The highest BCUT2D eigenvalue weighted by atomic mass is 16.3. The van der Waals surface area contributed by atoms with Gasteiger partial charge in [-0.1, -0.05) is 170 Å². The van der Waals surface area contributed by atoms with E-state index in [0.29, 0.717) is 22.3 Å². The molecule has 0 saturated heterocycles. The quantitative estimate of drug-likeness (QED) is 0.157. The third-order valence-electron chi connectivity index (χ3n) is 12.1. The van der Waals surface area contributed by atoms with Crippen LogP contribution >= 0.6 is 0 Å². The van der Waals surface area contributed by atoms with Gasteiger partial charge in [-0.3, -0.25) is 0 Å². The monoisotopic (exact) mass is 795 g/mol. The van der Waals surface area contributed by atoms with Crippen molar-refractivity contribution in [1.29, 1.82) is 0 Å². The van der Waals surface area contributed by atoms with Crippen molar-refractivity contribution in [3.8, 4) is 62.1 Å². The van der Waals surface area contributed by atoms with Crippen LogP contribution in [0.4, 0.5) is 0 Å². The molecule has 0 spiro atoms. The summed E-state index contributed by atoms with van der Waals surface area (Å²) in [7, 11) is 0. The summed E-state index contributed by atoms with van der Waals surface area (Å²) in [4.78, 5) is 14.7. The topological polar surface area (TPSA) is 56.7 Å². The average Bonchev–Trinajstić information content (AvgIpc) is 3.94. The van der Waals surface area contributed by atoms with E-state index in [4.69, 9.17) is 26.2 Å². The summed E-state index contributed by atoms with van der Waals surface area (Å²) in [6.07, 6.45) is 0. The lowest BCUT2D eigenvalue weighted by atomic mass is 9.92. The number of hydrogen-bond donors (Lipinski definition) is 0. The Morgan fingerprint density at radius 3 is 1.68 bits per heavy atom. The summed E-state index contributed by atoms with van der Waals surface area (Å²) < 4.78 is 52.4. The molecule has 0 saturated carbocycles. The van der Waals surface area contributed by atoms with Crippen LogP contribution in [-0.2, 0) is 0 Å². The maximum Gasteiger partial charge on any atom is 0.167 e. The van der Waals surface area contributed by atoms with Crippen molar-refractivity contribution < 1.29 is 11.3 Å². The fraction of sp³-hybridized carbons (Fsp3) is 0. The second kappa shape index (κ2) is 13.6. The van der Waals surface area contributed by atoms with Gasteiger partial charge in [0.25, 0.3) is 0 Å². The Bertz CT molecular complexity index is 4120. The maximum absolute atomic E-state index is 8.88. The van der Waals surface area contributed by atoms with E-state index in [1.54, 1.807) is 0 Å². The number of rotatable bonds is 6. The van der Waals surface area contributed by atoms with Gasteiger partial charge in [0.05, 0.1) is 23.5 Å². The SMILES string of the molecule is [2H]c1c([2H])c([2H])c(-c2nc(-c3ccc(-c4ccccc4)cc3)nc(-c3cccc4c3oc3c(-c5cc6c7ccccc7c7cccc8c7c6c(c5)n8-c5ccccc5)cccc34)n2)c([2H])c1[2H]. The van der Waals surface area contributed by atoms with Gasteiger partial charge in [-0.25, -0.2) is 15.0 Å². The molecule has 0 aliphatic rings. The van der Waals surface area contributed by atoms with Crippen molar-refractivity contribution in [1.82, 2.24) is 19.5 Å². The molecule has 3 aromatic heterocycles. The van der Waals surface area contributed by atoms with Crippen LogP contribution < -0.4 is 0 Å². The normalized spacial score (nSPS) is 13.0. The smallest absolute Gasteiger partial charge is 0.167 e. The largest absolute Gasteiger partial charge is 0.455 e. The molecule has 0 bridgehead atoms. The number of hydrogen-bond acceptors (Lipinski definition) is 4. The average molecular weight is 796 g/mol. The fourth-order valence-electron chi connectivity index (χ4n) is 9.35. The molecule has 5 heteroatoms. The molecule has 288 valence electrons. The summed E-state index contributed by atoms with van der Waals surface area (Å²) in [6, 6.07) is 58.0. The van der Waals surface area contributed by atoms with Crippen molar-refractivity contribution in [3.05, 3.63) is 206 Å². The predicted molar refractivity (Wildman–Crippen MR) is 255 cm³/mol. The van der Waals surface area contributed by atoms with Crippen LogP contribution in [-0.4, -0.2) is 19.5 Å². The van der Waals surface area contributed by atoms with E-state index >= 15 is 0 Å². The van der Waals surface area contributed by atoms with Crippen LogP contribution in [0.5, 0.6) is 0 Å². The highest BCUT2D eigenvalue weighted by Crippen LogP contribution is 2.47. The number of fused-ring (bicyclic) bond motifs is 6. The van der Waals surface area contributed by atoms with Crippen molar-refractivity contribution >= 4 is 65.3 Å². The van der Waals surface area contributed by atoms with E-state index in [9.17, 15) is 0 Å². The molecule has 13 rings (SSSR count). The second-order valence-corrected chi connectivity index (χ2v) is 15.6. The molecule has 0 atom stereocenters. The van der Waals surface area contributed by atoms with Gasteiger partial charge in [-0.2, -0.15) is 0 Å². The second-order valence-electron chi connectivity index (χ2n) is 15.6. The molecule has 0 aliphatic carbocycles. The van der Waals surface area contributed by atoms with Crippen LogP contribution in [0.15, 0.2) is 211 Å². The zero-order valence-corrected chi connectivity index (χ0v) is 32.9. The van der Waals surface area contributed by atoms with Crippen LogP contribution in [0.1, 0.15) is 6.85 Å². The number of nitrogens with zero attached hydrogens (tertiary/aromatic N) is 4. The van der Waals surface area contributed by atoms with E-state index in [2.05, 4.69) is 102 Å². The first-order chi connectivity index (χ1) is 32.8. The van der Waals surface area contributed by atoms with E-state index in [0.717, 1.165) is 55.1 Å². The van der Waals surface area contributed by atoms with Gasteiger partial charge >= 0.3 is 0 Å². The van der Waals surface area contributed by atoms with Crippen molar-refractivity contribution in [2.45, 2.75) is 0 Å². The Labute approximate surface area is 363 Å². The first-order valence-corrected chi connectivity index (χ1v) is 20.5. The first-order valence-electron chi connectivity index (χ1n) is 23.0. The van der Waals surface area contributed by atoms with Crippen LogP contribution in [0.2, 0.25) is 0 Å². The van der Waals surface area contributed by atoms with E-state index in [1.807, 2.05) is 78.9 Å². The van der Waals surface area contributed by atoms with Gasteiger partial charge < -0.3 is 8.98 Å². The number of benzene rings is 10. The third-order valence-corrected chi connectivity index (χ3v) is 12.1. The molecule has 0 aliphatic heterocycles. The van der Waals surface area contributed by atoms with Gasteiger partial charge in [0, 0.05) is 43.9 Å². The molecule has 13 aromatic rings. The van der Waals surface area contributed by atoms with Crippen LogP contribution in [0, 0.1) is 0 Å². The van der Waals surface area contributed by atoms with Gasteiger partial charge in [-0.05, 0) is 74.6 Å². The van der Waals surface area contributed by atoms with E-state index < -0.39 is 30.2 Å². The minimum atomic E-state index is -0.494. The molecule has 10 aromatic carbocycles. The zero-order chi connectivity index (χ0) is 45.1.